The van der Waals surface area contributed by atoms with Crippen LogP contribution in [0, 0.1) is 0 Å². The van der Waals surface area contributed by atoms with Crippen molar-refractivity contribution in [2.45, 2.75) is 25.3 Å². The molecule has 0 bridgehead atoms. The van der Waals surface area contributed by atoms with Gasteiger partial charge in [0.2, 0.25) is 11.8 Å². The van der Waals surface area contributed by atoms with Crippen LogP contribution in [0.5, 0.6) is 0 Å². The van der Waals surface area contributed by atoms with Crippen molar-refractivity contribution in [1.29, 1.82) is 0 Å². The molecule has 1 unspecified atom stereocenters. The van der Waals surface area contributed by atoms with Crippen molar-refractivity contribution in [3.05, 3.63) is 64.7 Å². The third-order valence-corrected chi connectivity index (χ3v) is 5.16. The molecular formula is C20H21N3O2. The second-order valence-corrected chi connectivity index (χ2v) is 6.83. The highest BCUT2D eigenvalue weighted by Crippen LogP contribution is 2.30. The highest BCUT2D eigenvalue weighted by Gasteiger charge is 2.23. The lowest BCUT2D eigenvalue weighted by atomic mass is 9.97. The number of carbonyl (C=O) groups is 2. The smallest absolute Gasteiger partial charge is 0.248 e. The number of benzene rings is 2. The van der Waals surface area contributed by atoms with E-state index in [1.54, 1.807) is 6.07 Å². The van der Waals surface area contributed by atoms with E-state index >= 15 is 0 Å². The molecule has 0 spiro atoms. The molecule has 2 aromatic rings. The minimum atomic E-state index is -0.378. The van der Waals surface area contributed by atoms with Crippen molar-refractivity contribution < 1.29 is 9.59 Å². The molecule has 0 saturated carbocycles. The van der Waals surface area contributed by atoms with Crippen molar-refractivity contribution in [2.24, 2.45) is 5.73 Å². The first-order valence-electron chi connectivity index (χ1n) is 8.63. The van der Waals surface area contributed by atoms with Gasteiger partial charge >= 0.3 is 0 Å². The molecule has 2 heterocycles. The summed E-state index contributed by atoms with van der Waals surface area (Å²) in [5, 5.41) is 2.88. The fraction of sp³-hybridized carbons (Fsp3) is 0.300. The standard InChI is InChI=1S/C20H21N3O2/c21-20(25)16-5-6-18-15(9-16)7-8-23(18)12-13-1-3-14(4-2-13)17-10-19(24)22-11-17/h1-6,9,17H,7-8,10-12H2,(H2,21,25)(H,22,24). The predicted molar refractivity (Wildman–Crippen MR) is 96.5 cm³/mol. The Balaban J connectivity index is 1.47. The number of nitrogens with one attached hydrogen (secondary N) is 1. The Morgan fingerprint density at radius 2 is 2.00 bits per heavy atom. The molecule has 0 radical (unpaired) electrons. The molecule has 5 heteroatoms. The molecule has 25 heavy (non-hydrogen) atoms. The topological polar surface area (TPSA) is 75.4 Å². The van der Waals surface area contributed by atoms with Crippen LogP contribution in [0.25, 0.3) is 0 Å². The average Bonchev–Trinajstić information content (AvgIpc) is 3.22. The zero-order chi connectivity index (χ0) is 17.4. The van der Waals surface area contributed by atoms with Gasteiger partial charge in [-0.2, -0.15) is 0 Å². The SMILES string of the molecule is NC(=O)c1ccc2c(c1)CCN2Cc1ccc(C2CNC(=O)C2)cc1. The van der Waals surface area contributed by atoms with Crippen LogP contribution in [-0.4, -0.2) is 24.9 Å². The number of carbonyl (C=O) groups excluding carboxylic acids is 2. The van der Waals surface area contributed by atoms with Crippen LogP contribution < -0.4 is 16.0 Å². The normalized spacial score (nSPS) is 19.0. The summed E-state index contributed by atoms with van der Waals surface area (Å²) in [6, 6.07) is 14.3. The van der Waals surface area contributed by atoms with E-state index in [1.807, 2.05) is 12.1 Å². The predicted octanol–water partition coefficient (Wildman–Crippen LogP) is 1.95. The first-order chi connectivity index (χ1) is 12.1. The summed E-state index contributed by atoms with van der Waals surface area (Å²) in [5.41, 5.74) is 10.8. The second kappa shape index (κ2) is 6.24. The van der Waals surface area contributed by atoms with Crippen LogP contribution >= 0.6 is 0 Å². The van der Waals surface area contributed by atoms with Gasteiger partial charge in [0, 0.05) is 43.2 Å². The zero-order valence-electron chi connectivity index (χ0n) is 14.0. The average molecular weight is 335 g/mol. The maximum absolute atomic E-state index is 11.4. The van der Waals surface area contributed by atoms with Crippen LogP contribution in [0.15, 0.2) is 42.5 Å². The summed E-state index contributed by atoms with van der Waals surface area (Å²) in [6.07, 6.45) is 1.52. The second-order valence-electron chi connectivity index (χ2n) is 6.83. The molecule has 0 aromatic heterocycles. The van der Waals surface area contributed by atoms with E-state index < -0.39 is 0 Å². The Kier molecular flexibility index (Phi) is 3.92. The quantitative estimate of drug-likeness (QED) is 0.897. The lowest BCUT2D eigenvalue weighted by Gasteiger charge is -2.20. The Labute approximate surface area is 146 Å². The van der Waals surface area contributed by atoms with Crippen LogP contribution in [0.1, 0.15) is 39.4 Å². The van der Waals surface area contributed by atoms with Gasteiger partial charge in [0.05, 0.1) is 0 Å². The Morgan fingerprint density at radius 1 is 1.20 bits per heavy atom. The highest BCUT2D eigenvalue weighted by atomic mass is 16.2. The summed E-state index contributed by atoms with van der Waals surface area (Å²) in [6.45, 7) is 2.52. The number of hydrogen-bond donors (Lipinski definition) is 2. The van der Waals surface area contributed by atoms with E-state index in [1.165, 1.54) is 22.4 Å². The highest BCUT2D eigenvalue weighted by molar-refractivity contribution is 5.93. The largest absolute Gasteiger partial charge is 0.367 e. The van der Waals surface area contributed by atoms with E-state index in [0.717, 1.165) is 26.1 Å². The number of anilines is 1. The monoisotopic (exact) mass is 335 g/mol. The van der Waals surface area contributed by atoms with Gasteiger partial charge in [-0.05, 0) is 41.3 Å². The minimum Gasteiger partial charge on any atom is -0.367 e. The van der Waals surface area contributed by atoms with E-state index in [9.17, 15) is 9.59 Å². The van der Waals surface area contributed by atoms with E-state index in [0.29, 0.717) is 17.9 Å². The van der Waals surface area contributed by atoms with Crippen LogP contribution in [0.2, 0.25) is 0 Å². The molecule has 3 N–H and O–H groups in total. The van der Waals surface area contributed by atoms with Gasteiger partial charge in [0.15, 0.2) is 0 Å². The van der Waals surface area contributed by atoms with Gasteiger partial charge in [-0.1, -0.05) is 24.3 Å². The molecule has 4 rings (SSSR count). The number of rotatable bonds is 4. The van der Waals surface area contributed by atoms with Gasteiger partial charge in [-0.25, -0.2) is 0 Å². The van der Waals surface area contributed by atoms with Gasteiger partial charge < -0.3 is 16.0 Å². The molecular weight excluding hydrogens is 314 g/mol. The number of nitrogens with zero attached hydrogens (tertiary/aromatic N) is 1. The third kappa shape index (κ3) is 3.09. The van der Waals surface area contributed by atoms with Gasteiger partial charge in [-0.3, -0.25) is 9.59 Å². The number of amides is 2. The Hall–Kier alpha value is -2.82. The lowest BCUT2D eigenvalue weighted by molar-refractivity contribution is -0.119. The summed E-state index contributed by atoms with van der Waals surface area (Å²) in [5.74, 6) is 0.0519. The first kappa shape index (κ1) is 15.7. The Bertz CT molecular complexity index is 829. The molecule has 128 valence electrons. The fourth-order valence-electron chi connectivity index (χ4n) is 3.74. The summed E-state index contributed by atoms with van der Waals surface area (Å²) in [7, 11) is 0. The maximum atomic E-state index is 11.4. The summed E-state index contributed by atoms with van der Waals surface area (Å²) < 4.78 is 0. The van der Waals surface area contributed by atoms with Gasteiger partial charge in [0.25, 0.3) is 0 Å². The number of fused-ring (bicyclic) bond motifs is 1. The van der Waals surface area contributed by atoms with E-state index in [4.69, 9.17) is 5.73 Å². The third-order valence-electron chi connectivity index (χ3n) is 5.16. The molecule has 2 aliphatic heterocycles. The molecule has 5 nitrogen and oxygen atoms in total. The zero-order valence-corrected chi connectivity index (χ0v) is 14.0. The van der Waals surface area contributed by atoms with Crippen molar-refractivity contribution in [3.8, 4) is 0 Å². The molecule has 2 aliphatic rings. The minimum absolute atomic E-state index is 0.137. The van der Waals surface area contributed by atoms with Crippen molar-refractivity contribution >= 4 is 17.5 Å². The number of nitrogens with two attached hydrogens (primary N) is 1. The maximum Gasteiger partial charge on any atom is 0.248 e. The molecule has 2 amide bonds. The van der Waals surface area contributed by atoms with Crippen molar-refractivity contribution in [2.75, 3.05) is 18.0 Å². The van der Waals surface area contributed by atoms with E-state index in [-0.39, 0.29) is 11.8 Å². The number of primary amides is 1. The van der Waals surface area contributed by atoms with Crippen LogP contribution in [0.4, 0.5) is 5.69 Å². The molecule has 1 fully saturated rings. The van der Waals surface area contributed by atoms with Crippen molar-refractivity contribution in [1.82, 2.24) is 5.32 Å². The molecule has 1 saturated heterocycles. The Morgan fingerprint density at radius 3 is 2.68 bits per heavy atom. The molecule has 2 aromatic carbocycles. The van der Waals surface area contributed by atoms with Crippen LogP contribution in [-0.2, 0) is 17.8 Å². The van der Waals surface area contributed by atoms with Gasteiger partial charge in [-0.15, -0.1) is 0 Å². The summed E-state index contributed by atoms with van der Waals surface area (Å²) >= 11 is 0. The fourth-order valence-corrected chi connectivity index (χ4v) is 3.74. The number of hydrogen-bond acceptors (Lipinski definition) is 3. The molecule has 0 aliphatic carbocycles. The summed E-state index contributed by atoms with van der Waals surface area (Å²) in [4.78, 5) is 25.0. The van der Waals surface area contributed by atoms with Crippen LogP contribution in [0.3, 0.4) is 0 Å². The first-order valence-corrected chi connectivity index (χ1v) is 8.63. The van der Waals surface area contributed by atoms with Crippen molar-refractivity contribution in [3.63, 3.8) is 0 Å². The lowest BCUT2D eigenvalue weighted by Crippen LogP contribution is -2.19. The van der Waals surface area contributed by atoms with E-state index in [2.05, 4.69) is 34.5 Å². The molecule has 1 atom stereocenters. The van der Waals surface area contributed by atoms with Gasteiger partial charge in [0.1, 0.15) is 0 Å².